The van der Waals surface area contributed by atoms with Crippen molar-refractivity contribution in [2.45, 2.75) is 0 Å². The first kappa shape index (κ1) is 75.7. The predicted octanol–water partition coefficient (Wildman–Crippen LogP) is 35.6. The molecule has 4 heterocycles. The summed E-state index contributed by atoms with van der Waals surface area (Å²) in [6.07, 6.45) is 0. The highest BCUT2D eigenvalue weighted by molar-refractivity contribution is 6.27. The molecule has 132 heavy (non-hydrogen) atoms. The summed E-state index contributed by atoms with van der Waals surface area (Å²) in [6, 6.07) is 176. The van der Waals surface area contributed by atoms with Crippen LogP contribution in [0.15, 0.2) is 494 Å². The van der Waals surface area contributed by atoms with E-state index in [1.807, 2.05) is 24.3 Å². The average Bonchev–Trinajstić information content (AvgIpc) is 1.06. The van der Waals surface area contributed by atoms with E-state index in [0.29, 0.717) is 0 Å². The Morgan fingerprint density at radius 1 is 0.129 bits per heavy atom. The zero-order valence-electron chi connectivity index (χ0n) is 71.8. The SMILES string of the molecule is c1ccc(-c2ccc3c(c2)c2cc(-c4ccc(N(c5ccc(-c6ccc7c8ccccc8c8ccccc8c7c6)cc5)c5ccc6oc7ccccc7c6c5)cc4)ccc2n3-c2ccccc2)cc1.c1ccc(-n2c3ccccc3c3cc(-c4ccc(N(c5ccc(-c6ccc7c8ccccc8c8ccccc8c7c6)cc5)c5ccc6oc7ccccc7c6c5)cc4)ccc32)cc1. The maximum atomic E-state index is 6.30. The molecule has 0 aliphatic heterocycles. The lowest BCUT2D eigenvalue weighted by Crippen LogP contribution is -2.09. The summed E-state index contributed by atoms with van der Waals surface area (Å²) in [6.45, 7) is 0. The number of rotatable bonds is 13. The highest BCUT2D eigenvalue weighted by Crippen LogP contribution is 2.48. The van der Waals surface area contributed by atoms with Crippen molar-refractivity contribution in [1.29, 1.82) is 0 Å². The van der Waals surface area contributed by atoms with Crippen LogP contribution in [-0.4, -0.2) is 9.13 Å². The molecular formula is C126H80N4O2. The molecule has 0 fully saturated rings. The van der Waals surface area contributed by atoms with E-state index in [2.05, 4.69) is 480 Å². The van der Waals surface area contributed by atoms with Crippen LogP contribution in [0.1, 0.15) is 0 Å². The molecular weight excluding hydrogens is 1600 g/mol. The second-order valence-electron chi connectivity index (χ2n) is 34.5. The van der Waals surface area contributed by atoms with Gasteiger partial charge in [-0.2, -0.15) is 0 Å². The molecule has 0 atom stereocenters. The molecule has 0 unspecified atom stereocenters. The van der Waals surface area contributed by atoms with Gasteiger partial charge >= 0.3 is 0 Å². The molecule has 0 saturated carbocycles. The van der Waals surface area contributed by atoms with Crippen LogP contribution in [0.5, 0.6) is 0 Å². The number of fused-ring (bicyclic) bond motifs is 24. The maximum Gasteiger partial charge on any atom is 0.135 e. The number of para-hydroxylation sites is 5. The normalized spacial score (nSPS) is 11.8. The van der Waals surface area contributed by atoms with Gasteiger partial charge in [-0.05, 0) is 296 Å². The van der Waals surface area contributed by atoms with Crippen molar-refractivity contribution >= 4 is 186 Å². The monoisotopic (exact) mass is 1680 g/mol. The second kappa shape index (κ2) is 31.2. The van der Waals surface area contributed by atoms with E-state index in [1.54, 1.807) is 0 Å². The number of nitrogens with zero attached hydrogens (tertiary/aromatic N) is 4. The Labute approximate surface area is 761 Å². The minimum Gasteiger partial charge on any atom is -0.456 e. The topological polar surface area (TPSA) is 42.6 Å². The van der Waals surface area contributed by atoms with Crippen molar-refractivity contribution in [1.82, 2.24) is 9.13 Å². The maximum absolute atomic E-state index is 6.30. The summed E-state index contributed by atoms with van der Waals surface area (Å²) < 4.78 is 17.3. The quantitative estimate of drug-likeness (QED) is 0.108. The highest BCUT2D eigenvalue weighted by Gasteiger charge is 2.24. The third kappa shape index (κ3) is 12.8. The number of hydrogen-bond donors (Lipinski definition) is 0. The van der Waals surface area contributed by atoms with Crippen LogP contribution in [0, 0.1) is 0 Å². The Morgan fingerprint density at radius 3 is 0.705 bits per heavy atom. The summed E-state index contributed by atoms with van der Waals surface area (Å²) in [5, 5.41) is 24.7. The Bertz CT molecular complexity index is 9180. The first-order valence-electron chi connectivity index (χ1n) is 45.2. The lowest BCUT2D eigenvalue weighted by molar-refractivity contribution is 0.668. The van der Waals surface area contributed by atoms with Crippen molar-refractivity contribution in [3.8, 4) is 67.0 Å². The number of aromatic nitrogens is 2. The fourth-order valence-corrected chi connectivity index (χ4v) is 20.9. The van der Waals surface area contributed by atoms with Gasteiger partial charge < -0.3 is 27.8 Å². The van der Waals surface area contributed by atoms with Crippen LogP contribution in [0.3, 0.4) is 0 Å². The summed E-state index contributed by atoms with van der Waals surface area (Å²) in [5.41, 5.74) is 28.9. The number of hydrogen-bond acceptors (Lipinski definition) is 4. The largest absolute Gasteiger partial charge is 0.456 e. The van der Waals surface area contributed by atoms with Crippen LogP contribution in [0.25, 0.3) is 219 Å². The number of benzene rings is 23. The molecule has 6 heteroatoms. The van der Waals surface area contributed by atoms with Gasteiger partial charge in [-0.1, -0.05) is 309 Å². The minimum absolute atomic E-state index is 0.877. The van der Waals surface area contributed by atoms with Crippen molar-refractivity contribution < 1.29 is 8.83 Å². The van der Waals surface area contributed by atoms with Crippen LogP contribution in [0.2, 0.25) is 0 Å². The summed E-state index contributed by atoms with van der Waals surface area (Å²) in [7, 11) is 0. The first-order chi connectivity index (χ1) is 65.4. The lowest BCUT2D eigenvalue weighted by atomic mass is 9.92. The molecule has 0 spiro atoms. The molecule has 27 aromatic rings. The Balaban J connectivity index is 0.000000139. The fraction of sp³-hybridized carbons (Fsp3) is 0. The molecule has 0 amide bonds. The van der Waals surface area contributed by atoms with Crippen LogP contribution in [0.4, 0.5) is 34.1 Å². The molecule has 0 radical (unpaired) electrons. The van der Waals surface area contributed by atoms with Gasteiger partial charge in [0.2, 0.25) is 0 Å². The molecule has 6 nitrogen and oxygen atoms in total. The molecule has 616 valence electrons. The predicted molar refractivity (Wildman–Crippen MR) is 558 cm³/mol. The van der Waals surface area contributed by atoms with E-state index in [4.69, 9.17) is 8.83 Å². The second-order valence-corrected chi connectivity index (χ2v) is 34.5. The van der Waals surface area contributed by atoms with Crippen LogP contribution >= 0.6 is 0 Å². The number of furan rings is 2. The van der Waals surface area contributed by atoms with Crippen molar-refractivity contribution in [3.05, 3.63) is 485 Å². The van der Waals surface area contributed by atoms with Gasteiger partial charge in [0.1, 0.15) is 22.3 Å². The lowest BCUT2D eigenvalue weighted by Gasteiger charge is -2.26. The molecule has 0 bridgehead atoms. The Kier molecular flexibility index (Phi) is 17.9. The first-order valence-corrected chi connectivity index (χ1v) is 45.2. The average molecular weight is 1680 g/mol. The summed E-state index contributed by atoms with van der Waals surface area (Å²) in [4.78, 5) is 4.71. The minimum atomic E-state index is 0.877. The summed E-state index contributed by atoms with van der Waals surface area (Å²) in [5.74, 6) is 0. The van der Waals surface area contributed by atoms with E-state index >= 15 is 0 Å². The van der Waals surface area contributed by atoms with Gasteiger partial charge in [-0.15, -0.1) is 0 Å². The van der Waals surface area contributed by atoms with E-state index in [1.165, 1.54) is 158 Å². The zero-order chi connectivity index (χ0) is 86.9. The Morgan fingerprint density at radius 2 is 0.356 bits per heavy atom. The van der Waals surface area contributed by atoms with Crippen molar-refractivity contribution in [3.63, 3.8) is 0 Å². The van der Waals surface area contributed by atoms with E-state index in [9.17, 15) is 0 Å². The van der Waals surface area contributed by atoms with Gasteiger partial charge in [-0.3, -0.25) is 0 Å². The summed E-state index contributed by atoms with van der Waals surface area (Å²) >= 11 is 0. The van der Waals surface area contributed by atoms with Gasteiger partial charge in [0.25, 0.3) is 0 Å². The zero-order valence-corrected chi connectivity index (χ0v) is 71.8. The molecule has 0 saturated heterocycles. The van der Waals surface area contributed by atoms with Crippen molar-refractivity contribution in [2.75, 3.05) is 9.80 Å². The van der Waals surface area contributed by atoms with E-state index in [0.717, 1.165) is 94.9 Å². The van der Waals surface area contributed by atoms with Gasteiger partial charge in [0.15, 0.2) is 0 Å². The van der Waals surface area contributed by atoms with E-state index in [-0.39, 0.29) is 0 Å². The molecule has 0 aliphatic rings. The smallest absolute Gasteiger partial charge is 0.135 e. The fourth-order valence-electron chi connectivity index (χ4n) is 20.9. The third-order valence-electron chi connectivity index (χ3n) is 27.1. The molecule has 0 N–H and O–H groups in total. The molecule has 27 rings (SSSR count). The van der Waals surface area contributed by atoms with Crippen LogP contribution < -0.4 is 9.80 Å². The van der Waals surface area contributed by atoms with Crippen molar-refractivity contribution in [2.24, 2.45) is 0 Å². The van der Waals surface area contributed by atoms with Gasteiger partial charge in [-0.25, -0.2) is 0 Å². The molecule has 4 aromatic heterocycles. The molecule has 0 aliphatic carbocycles. The highest BCUT2D eigenvalue weighted by atomic mass is 16.3. The van der Waals surface area contributed by atoms with E-state index < -0.39 is 0 Å². The Hall–Kier alpha value is -17.6. The van der Waals surface area contributed by atoms with Crippen LogP contribution in [-0.2, 0) is 0 Å². The molecule has 23 aromatic carbocycles. The number of anilines is 6. The van der Waals surface area contributed by atoms with Gasteiger partial charge in [0.05, 0.1) is 22.1 Å². The standard InChI is InChI=1S/C66H42N2O.C60H38N2O/c1-3-13-43(14-4-1)47-28-36-63-60(40-47)61-41-48(29-37-64(61)68(63)49-15-5-2-6-16-49)45-25-32-51(33-26-45)67(52-34-38-66-62(42-52)58-21-11-12-22-65(58)69-66)50-30-23-44(24-31-50)46-27-35-57-55-19-8-7-17-53(55)54-18-9-10-20-56(54)59(57)39-46;1-2-12-43(13-3-1)62-57-20-10-8-18-52(57)55-37-42(27-34-58(55)62)40-24-30-45(31-25-40)61(46-32-35-60-56(38-46)53-19-9-11-21-59(53)63-60)44-28-22-39(23-29-44)41-26-33-51-49-16-5-4-14-47(49)48-15-6-7-17-50(48)54(51)36-41/h1-42H;1-38H. The van der Waals surface area contributed by atoms with Gasteiger partial charge in [0, 0.05) is 88.6 Å². The third-order valence-corrected chi connectivity index (χ3v) is 27.1.